The zero-order chi connectivity index (χ0) is 16.2. The molecule has 0 bridgehead atoms. The molecule has 23 heavy (non-hydrogen) atoms. The van der Waals surface area contributed by atoms with Gasteiger partial charge in [-0.05, 0) is 37.8 Å². The summed E-state index contributed by atoms with van der Waals surface area (Å²) in [4.78, 5) is 13.4. The van der Waals surface area contributed by atoms with Gasteiger partial charge in [-0.25, -0.2) is 0 Å². The Morgan fingerprint density at radius 3 is 2.65 bits per heavy atom. The molecule has 1 heterocycles. The molecule has 0 radical (unpaired) electrons. The zero-order valence-electron chi connectivity index (χ0n) is 13.3. The minimum absolute atomic E-state index is 0.0847. The normalized spacial score (nSPS) is 21.1. The summed E-state index contributed by atoms with van der Waals surface area (Å²) in [5.41, 5.74) is 7.94. The molecule has 1 aliphatic carbocycles. The smallest absolute Gasteiger partial charge is 0.243 e. The second-order valence-electron chi connectivity index (χ2n) is 6.19. The number of benzene rings is 1. The summed E-state index contributed by atoms with van der Waals surface area (Å²) in [6.45, 7) is 2.11. The van der Waals surface area contributed by atoms with Gasteiger partial charge in [0.2, 0.25) is 11.7 Å². The highest BCUT2D eigenvalue weighted by atomic mass is 16.2. The Labute approximate surface area is 135 Å². The molecule has 0 spiro atoms. The van der Waals surface area contributed by atoms with E-state index in [1.54, 1.807) is 0 Å². The third-order valence-electron chi connectivity index (χ3n) is 4.18. The number of aromatic nitrogens is 4. The Morgan fingerprint density at radius 2 is 1.96 bits per heavy atom. The number of nitrogens with zero attached hydrogens (tertiary/aromatic N) is 4. The number of rotatable bonds is 4. The number of nitrogens with two attached hydrogens (primary N) is 1. The lowest BCUT2D eigenvalue weighted by atomic mass is 9.92. The fourth-order valence-corrected chi connectivity index (χ4v) is 2.79. The summed E-state index contributed by atoms with van der Waals surface area (Å²) in [6, 6.07) is 8.37. The first-order valence-electron chi connectivity index (χ1n) is 8.00. The molecule has 2 aromatic rings. The van der Waals surface area contributed by atoms with Crippen molar-refractivity contribution < 1.29 is 4.79 Å². The van der Waals surface area contributed by atoms with E-state index in [2.05, 4.69) is 20.7 Å². The Bertz CT molecular complexity index is 657. The number of hydrogen-bond acceptors (Lipinski definition) is 5. The molecular formula is C16H22N6O. The van der Waals surface area contributed by atoms with E-state index in [4.69, 9.17) is 5.73 Å². The maximum Gasteiger partial charge on any atom is 0.243 e. The summed E-state index contributed by atoms with van der Waals surface area (Å²) in [5.74, 6) is 0.444. The first-order chi connectivity index (χ1) is 11.1. The van der Waals surface area contributed by atoms with Crippen molar-refractivity contribution in [1.82, 2.24) is 25.5 Å². The highest BCUT2D eigenvalue weighted by molar-refractivity contribution is 5.75. The van der Waals surface area contributed by atoms with Crippen molar-refractivity contribution in [1.29, 1.82) is 0 Å². The van der Waals surface area contributed by atoms with Crippen molar-refractivity contribution in [2.24, 2.45) is 5.73 Å². The van der Waals surface area contributed by atoms with Crippen LogP contribution in [-0.4, -0.2) is 38.2 Å². The molecule has 3 N–H and O–H groups in total. The van der Waals surface area contributed by atoms with Crippen molar-refractivity contribution in [2.45, 2.75) is 51.2 Å². The van der Waals surface area contributed by atoms with Gasteiger partial charge in [-0.2, -0.15) is 4.80 Å². The summed E-state index contributed by atoms with van der Waals surface area (Å²) in [5, 5.41) is 15.3. The minimum Gasteiger partial charge on any atom is -0.352 e. The molecule has 0 unspecified atom stereocenters. The molecule has 7 nitrogen and oxygen atoms in total. The molecule has 1 amide bonds. The van der Waals surface area contributed by atoms with Crippen LogP contribution in [0.4, 0.5) is 0 Å². The standard InChI is InChI=1S/C16H22N6O/c1-11-2-4-12(5-3-11)16-19-21-22(20-16)10-15(23)18-14-8-6-13(17)7-9-14/h2-5,13-14H,6-10,17H2,1H3,(H,18,23). The molecule has 0 atom stereocenters. The van der Waals surface area contributed by atoms with Crippen molar-refractivity contribution in [3.63, 3.8) is 0 Å². The molecule has 1 saturated carbocycles. The predicted octanol–water partition coefficient (Wildman–Crippen LogP) is 1.03. The number of amides is 1. The topological polar surface area (TPSA) is 98.7 Å². The van der Waals surface area contributed by atoms with E-state index < -0.39 is 0 Å². The number of hydrogen-bond donors (Lipinski definition) is 2. The number of carbonyl (C=O) groups is 1. The molecule has 1 fully saturated rings. The van der Waals surface area contributed by atoms with Crippen LogP contribution in [0.3, 0.4) is 0 Å². The highest BCUT2D eigenvalue weighted by Crippen LogP contribution is 2.17. The summed E-state index contributed by atoms with van der Waals surface area (Å²) >= 11 is 0. The molecule has 3 rings (SSSR count). The number of carbonyl (C=O) groups excluding carboxylic acids is 1. The summed E-state index contributed by atoms with van der Waals surface area (Å²) in [7, 11) is 0. The summed E-state index contributed by atoms with van der Waals surface area (Å²) in [6.07, 6.45) is 3.80. The van der Waals surface area contributed by atoms with Crippen LogP contribution < -0.4 is 11.1 Å². The first kappa shape index (κ1) is 15.6. The Kier molecular flexibility index (Phi) is 4.66. The number of tetrazole rings is 1. The van der Waals surface area contributed by atoms with E-state index in [1.807, 2.05) is 31.2 Å². The van der Waals surface area contributed by atoms with Crippen LogP contribution in [0, 0.1) is 6.92 Å². The van der Waals surface area contributed by atoms with Crippen molar-refractivity contribution in [2.75, 3.05) is 0 Å². The summed E-state index contributed by atoms with van der Waals surface area (Å²) < 4.78 is 0. The van der Waals surface area contributed by atoms with E-state index in [-0.39, 0.29) is 24.5 Å². The average molecular weight is 314 g/mol. The molecule has 1 aromatic carbocycles. The van der Waals surface area contributed by atoms with Crippen LogP contribution in [0.25, 0.3) is 11.4 Å². The van der Waals surface area contributed by atoms with Gasteiger partial charge < -0.3 is 11.1 Å². The van der Waals surface area contributed by atoms with Gasteiger partial charge in [-0.3, -0.25) is 4.79 Å². The van der Waals surface area contributed by atoms with Gasteiger partial charge in [-0.1, -0.05) is 29.8 Å². The Balaban J connectivity index is 1.56. The minimum atomic E-state index is -0.0849. The van der Waals surface area contributed by atoms with Gasteiger partial charge in [0, 0.05) is 17.6 Å². The Morgan fingerprint density at radius 1 is 1.26 bits per heavy atom. The zero-order valence-corrected chi connectivity index (χ0v) is 13.3. The molecule has 7 heteroatoms. The maximum absolute atomic E-state index is 12.1. The van der Waals surface area contributed by atoms with Crippen molar-refractivity contribution >= 4 is 5.91 Å². The lowest BCUT2D eigenvalue weighted by Crippen LogP contribution is -2.41. The first-order valence-corrected chi connectivity index (χ1v) is 8.00. The third kappa shape index (κ3) is 4.13. The second kappa shape index (κ2) is 6.87. The van der Waals surface area contributed by atoms with E-state index in [0.29, 0.717) is 5.82 Å². The van der Waals surface area contributed by atoms with Gasteiger partial charge in [0.05, 0.1) is 0 Å². The highest BCUT2D eigenvalue weighted by Gasteiger charge is 2.20. The van der Waals surface area contributed by atoms with Gasteiger partial charge in [0.15, 0.2) is 0 Å². The van der Waals surface area contributed by atoms with E-state index in [0.717, 1.165) is 31.2 Å². The number of nitrogens with one attached hydrogen (secondary N) is 1. The maximum atomic E-state index is 12.1. The third-order valence-corrected chi connectivity index (χ3v) is 4.18. The fraction of sp³-hybridized carbons (Fsp3) is 0.500. The number of aryl methyl sites for hydroxylation is 1. The van der Waals surface area contributed by atoms with E-state index >= 15 is 0 Å². The average Bonchev–Trinajstić information content (AvgIpc) is 2.98. The molecule has 0 aliphatic heterocycles. The molecule has 0 saturated heterocycles. The monoisotopic (exact) mass is 314 g/mol. The molecular weight excluding hydrogens is 292 g/mol. The quantitative estimate of drug-likeness (QED) is 0.878. The van der Waals surface area contributed by atoms with Crippen LogP contribution in [0.2, 0.25) is 0 Å². The van der Waals surface area contributed by atoms with Gasteiger partial charge in [-0.15, -0.1) is 10.2 Å². The second-order valence-corrected chi connectivity index (χ2v) is 6.19. The van der Waals surface area contributed by atoms with Crippen molar-refractivity contribution in [3.8, 4) is 11.4 Å². The van der Waals surface area contributed by atoms with E-state index in [1.165, 1.54) is 10.4 Å². The van der Waals surface area contributed by atoms with Gasteiger partial charge in [0.1, 0.15) is 6.54 Å². The lowest BCUT2D eigenvalue weighted by Gasteiger charge is -2.26. The molecule has 1 aliphatic rings. The Hall–Kier alpha value is -2.28. The SMILES string of the molecule is Cc1ccc(-c2nnn(CC(=O)NC3CCC(N)CC3)n2)cc1. The lowest BCUT2D eigenvalue weighted by molar-refractivity contribution is -0.123. The molecule has 122 valence electrons. The van der Waals surface area contributed by atoms with E-state index in [9.17, 15) is 4.79 Å². The fourth-order valence-electron chi connectivity index (χ4n) is 2.79. The predicted molar refractivity (Wildman–Crippen MR) is 86.4 cm³/mol. The van der Waals surface area contributed by atoms with Gasteiger partial charge in [0.25, 0.3) is 0 Å². The van der Waals surface area contributed by atoms with Crippen LogP contribution in [0.15, 0.2) is 24.3 Å². The van der Waals surface area contributed by atoms with Crippen LogP contribution >= 0.6 is 0 Å². The van der Waals surface area contributed by atoms with Crippen molar-refractivity contribution in [3.05, 3.63) is 29.8 Å². The van der Waals surface area contributed by atoms with Crippen LogP contribution in [0.1, 0.15) is 31.2 Å². The van der Waals surface area contributed by atoms with Crippen LogP contribution in [0.5, 0.6) is 0 Å². The van der Waals surface area contributed by atoms with Gasteiger partial charge >= 0.3 is 0 Å². The largest absolute Gasteiger partial charge is 0.352 e. The van der Waals surface area contributed by atoms with Crippen LogP contribution in [-0.2, 0) is 11.3 Å². The molecule has 1 aromatic heterocycles.